The fourth-order valence-corrected chi connectivity index (χ4v) is 2.13. The second kappa shape index (κ2) is 4.65. The highest BCUT2D eigenvalue weighted by Gasteiger charge is 2.06. The van der Waals surface area contributed by atoms with Gasteiger partial charge < -0.3 is 15.5 Å². The van der Waals surface area contributed by atoms with E-state index in [1.165, 1.54) is 5.56 Å². The number of nitrogen functional groups attached to an aromatic ring is 1. The summed E-state index contributed by atoms with van der Waals surface area (Å²) in [5.41, 5.74) is 9.60. The van der Waals surface area contributed by atoms with E-state index in [9.17, 15) is 0 Å². The number of hydrogen-bond acceptors (Lipinski definition) is 3. The Balaban J connectivity index is 1.90. The minimum absolute atomic E-state index is 0.703. The molecule has 0 saturated carbocycles. The molecule has 3 rings (SSSR count). The van der Waals surface area contributed by atoms with Crippen molar-refractivity contribution in [3.8, 4) is 5.75 Å². The van der Waals surface area contributed by atoms with E-state index in [0.29, 0.717) is 5.69 Å². The second-order valence-corrected chi connectivity index (χ2v) is 4.45. The van der Waals surface area contributed by atoms with Gasteiger partial charge in [0, 0.05) is 6.42 Å². The molecule has 3 aromatic rings. The third-order valence-corrected chi connectivity index (χ3v) is 3.12. The molecule has 4 nitrogen and oxygen atoms in total. The van der Waals surface area contributed by atoms with Gasteiger partial charge in [-0.1, -0.05) is 18.2 Å². The highest BCUT2D eigenvalue weighted by atomic mass is 16.5. The summed E-state index contributed by atoms with van der Waals surface area (Å²) in [6, 6.07) is 13.7. The summed E-state index contributed by atoms with van der Waals surface area (Å²) in [4.78, 5) is 7.83. The van der Waals surface area contributed by atoms with E-state index in [-0.39, 0.29) is 0 Å². The van der Waals surface area contributed by atoms with Gasteiger partial charge in [0.25, 0.3) is 0 Å². The van der Waals surface area contributed by atoms with Gasteiger partial charge in [-0.3, -0.25) is 0 Å². The maximum Gasteiger partial charge on any atom is 0.118 e. The third-order valence-electron chi connectivity index (χ3n) is 3.12. The number of imidazole rings is 1. The lowest BCUT2D eigenvalue weighted by Gasteiger charge is -2.01. The van der Waals surface area contributed by atoms with Crippen molar-refractivity contribution in [2.24, 2.45) is 0 Å². The molecule has 0 fully saturated rings. The monoisotopic (exact) mass is 253 g/mol. The van der Waals surface area contributed by atoms with E-state index in [1.54, 1.807) is 7.11 Å². The normalized spacial score (nSPS) is 10.8. The number of hydrogen-bond donors (Lipinski definition) is 2. The zero-order chi connectivity index (χ0) is 13.2. The molecule has 0 unspecified atom stereocenters. The molecule has 3 N–H and O–H groups in total. The predicted molar refractivity (Wildman–Crippen MR) is 76.3 cm³/mol. The minimum Gasteiger partial charge on any atom is -0.497 e. The summed E-state index contributed by atoms with van der Waals surface area (Å²) in [6.07, 6.45) is 0.748. The molecular formula is C15H15N3O. The van der Waals surface area contributed by atoms with Gasteiger partial charge in [-0.2, -0.15) is 0 Å². The number of benzene rings is 2. The van der Waals surface area contributed by atoms with Crippen molar-refractivity contribution >= 4 is 16.7 Å². The van der Waals surface area contributed by atoms with Crippen LogP contribution in [0.4, 0.5) is 5.69 Å². The van der Waals surface area contributed by atoms with Crippen molar-refractivity contribution in [3.63, 3.8) is 0 Å². The van der Waals surface area contributed by atoms with Gasteiger partial charge in [-0.25, -0.2) is 4.98 Å². The summed E-state index contributed by atoms with van der Waals surface area (Å²) in [6.45, 7) is 0. The minimum atomic E-state index is 0.703. The molecular weight excluding hydrogens is 238 g/mol. The molecule has 0 amide bonds. The topological polar surface area (TPSA) is 63.9 Å². The van der Waals surface area contributed by atoms with Crippen LogP contribution in [0.25, 0.3) is 11.0 Å². The van der Waals surface area contributed by atoms with Gasteiger partial charge in [0.05, 0.1) is 18.3 Å². The van der Waals surface area contributed by atoms with Crippen LogP contribution >= 0.6 is 0 Å². The molecule has 0 aliphatic heterocycles. The molecule has 1 heterocycles. The Bertz CT molecular complexity index is 701. The van der Waals surface area contributed by atoms with Crippen LogP contribution in [-0.2, 0) is 6.42 Å². The van der Waals surface area contributed by atoms with E-state index < -0.39 is 0 Å². The van der Waals surface area contributed by atoms with Crippen molar-refractivity contribution in [1.82, 2.24) is 9.97 Å². The Hall–Kier alpha value is -2.49. The average molecular weight is 253 g/mol. The lowest BCUT2D eigenvalue weighted by Crippen LogP contribution is -1.91. The number of aromatic amines is 1. The largest absolute Gasteiger partial charge is 0.497 e. The maximum absolute atomic E-state index is 5.90. The Labute approximate surface area is 111 Å². The summed E-state index contributed by atoms with van der Waals surface area (Å²) in [7, 11) is 1.66. The number of fused-ring (bicyclic) bond motifs is 1. The second-order valence-electron chi connectivity index (χ2n) is 4.45. The summed E-state index contributed by atoms with van der Waals surface area (Å²) < 4.78 is 5.14. The van der Waals surface area contributed by atoms with Crippen molar-refractivity contribution in [1.29, 1.82) is 0 Å². The third kappa shape index (κ3) is 2.25. The van der Waals surface area contributed by atoms with Crippen molar-refractivity contribution in [2.45, 2.75) is 6.42 Å². The summed E-state index contributed by atoms with van der Waals surface area (Å²) in [5.74, 6) is 1.77. The molecule has 4 heteroatoms. The first kappa shape index (κ1) is 11.6. The van der Waals surface area contributed by atoms with Crippen molar-refractivity contribution in [3.05, 3.63) is 53.9 Å². The number of nitrogens with one attached hydrogen (secondary N) is 1. The van der Waals surface area contributed by atoms with Gasteiger partial charge in [-0.05, 0) is 29.8 Å². The molecule has 0 saturated heterocycles. The van der Waals surface area contributed by atoms with Crippen LogP contribution < -0.4 is 10.5 Å². The van der Waals surface area contributed by atoms with Crippen molar-refractivity contribution < 1.29 is 4.74 Å². The smallest absolute Gasteiger partial charge is 0.118 e. The molecule has 0 radical (unpaired) electrons. The van der Waals surface area contributed by atoms with Crippen LogP contribution in [0, 0.1) is 0 Å². The number of methoxy groups -OCH3 is 1. The van der Waals surface area contributed by atoms with E-state index >= 15 is 0 Å². The molecule has 0 aliphatic rings. The average Bonchev–Trinajstić information content (AvgIpc) is 2.84. The number of aromatic nitrogens is 2. The lowest BCUT2D eigenvalue weighted by atomic mass is 10.1. The van der Waals surface area contributed by atoms with Crippen LogP contribution in [0.3, 0.4) is 0 Å². The molecule has 0 aliphatic carbocycles. The molecule has 0 spiro atoms. The predicted octanol–water partition coefficient (Wildman–Crippen LogP) is 2.74. The quantitative estimate of drug-likeness (QED) is 0.705. The number of H-pyrrole nitrogens is 1. The van der Waals surface area contributed by atoms with Gasteiger partial charge in [0.2, 0.25) is 0 Å². The molecule has 1 aromatic heterocycles. The fraction of sp³-hybridized carbons (Fsp3) is 0.133. The highest BCUT2D eigenvalue weighted by Crippen LogP contribution is 2.20. The number of anilines is 1. The molecule has 96 valence electrons. The van der Waals surface area contributed by atoms with Crippen LogP contribution in [0.5, 0.6) is 5.75 Å². The molecule has 0 bridgehead atoms. The van der Waals surface area contributed by atoms with Gasteiger partial charge >= 0.3 is 0 Å². The molecule has 0 atom stereocenters. The van der Waals surface area contributed by atoms with Crippen molar-refractivity contribution in [2.75, 3.05) is 12.8 Å². The number of para-hydroxylation sites is 1. The van der Waals surface area contributed by atoms with E-state index in [4.69, 9.17) is 10.5 Å². The lowest BCUT2D eigenvalue weighted by molar-refractivity contribution is 0.414. The van der Waals surface area contributed by atoms with E-state index in [1.807, 2.05) is 42.5 Å². The first-order chi connectivity index (χ1) is 9.26. The molecule has 19 heavy (non-hydrogen) atoms. The van der Waals surface area contributed by atoms with E-state index in [2.05, 4.69) is 9.97 Å². The van der Waals surface area contributed by atoms with E-state index in [0.717, 1.165) is 29.0 Å². The van der Waals surface area contributed by atoms with Gasteiger partial charge in [0.1, 0.15) is 17.1 Å². The number of rotatable bonds is 3. The Morgan fingerprint density at radius 3 is 2.63 bits per heavy atom. The Morgan fingerprint density at radius 2 is 1.95 bits per heavy atom. The Morgan fingerprint density at radius 1 is 1.16 bits per heavy atom. The number of nitrogens with two attached hydrogens (primary N) is 1. The van der Waals surface area contributed by atoms with Crippen LogP contribution in [-0.4, -0.2) is 17.1 Å². The first-order valence-corrected chi connectivity index (χ1v) is 6.12. The number of ether oxygens (including phenoxy) is 1. The van der Waals surface area contributed by atoms with Gasteiger partial charge in [0.15, 0.2) is 0 Å². The van der Waals surface area contributed by atoms with Crippen LogP contribution in [0.15, 0.2) is 42.5 Å². The molecule has 2 aromatic carbocycles. The zero-order valence-corrected chi connectivity index (χ0v) is 10.7. The van der Waals surface area contributed by atoms with Gasteiger partial charge in [-0.15, -0.1) is 0 Å². The SMILES string of the molecule is COc1ccc(Cc2nc3c(N)cccc3[nH]2)cc1. The standard InChI is InChI=1S/C15H15N3O/c1-19-11-7-5-10(6-8-11)9-14-17-13-4-2-3-12(16)15(13)18-14/h2-8H,9,16H2,1H3,(H,17,18). The zero-order valence-electron chi connectivity index (χ0n) is 10.7. The summed E-state index contributed by atoms with van der Waals surface area (Å²) in [5, 5.41) is 0. The maximum atomic E-state index is 5.90. The Kier molecular flexibility index (Phi) is 2.83. The number of nitrogens with zero attached hydrogens (tertiary/aromatic N) is 1. The van der Waals surface area contributed by atoms with Crippen LogP contribution in [0.1, 0.15) is 11.4 Å². The van der Waals surface area contributed by atoms with Crippen LogP contribution in [0.2, 0.25) is 0 Å². The highest BCUT2D eigenvalue weighted by molar-refractivity contribution is 5.86. The summed E-state index contributed by atoms with van der Waals surface area (Å²) >= 11 is 0. The first-order valence-electron chi connectivity index (χ1n) is 6.12. The fourth-order valence-electron chi connectivity index (χ4n) is 2.13.